The standard InChI is InChI=1S/C41H39BrN4O7S/c42-27-6-4-26(5-7-27)39-38(32-13-8-28(47)24-36(32)54-39)53-30-11-9-29(10-12-30)51-22-20-44-16-18-45(19-17-44)21-23-52-35-3-1-2-31-33(35)25-46(41(31)50)34-14-15-37(48)43-40(34)49/h1-13,24,34,47H,14-23,25H2,(H,43,48,49). The van der Waals surface area contributed by atoms with E-state index in [9.17, 15) is 19.5 Å². The Morgan fingerprint density at radius 2 is 1.54 bits per heavy atom. The third-order valence-electron chi connectivity index (χ3n) is 10.1. The Balaban J connectivity index is 0.784. The van der Waals surface area contributed by atoms with Crippen molar-refractivity contribution in [3.8, 4) is 39.2 Å². The molecule has 0 spiro atoms. The van der Waals surface area contributed by atoms with E-state index >= 15 is 0 Å². The van der Waals surface area contributed by atoms with Crippen molar-refractivity contribution in [2.45, 2.75) is 25.4 Å². The van der Waals surface area contributed by atoms with E-state index in [2.05, 4.69) is 43.2 Å². The summed E-state index contributed by atoms with van der Waals surface area (Å²) in [5, 5.41) is 13.4. The van der Waals surface area contributed by atoms with Gasteiger partial charge in [-0.3, -0.25) is 29.5 Å². The van der Waals surface area contributed by atoms with E-state index in [1.807, 2.05) is 54.6 Å². The maximum atomic E-state index is 13.1. The number of halogens is 1. The highest BCUT2D eigenvalue weighted by molar-refractivity contribution is 9.10. The molecule has 4 heterocycles. The molecule has 4 aromatic carbocycles. The summed E-state index contributed by atoms with van der Waals surface area (Å²) in [6.07, 6.45) is 0.558. The van der Waals surface area contributed by atoms with E-state index < -0.39 is 11.9 Å². The van der Waals surface area contributed by atoms with Crippen molar-refractivity contribution in [3.63, 3.8) is 0 Å². The summed E-state index contributed by atoms with van der Waals surface area (Å²) in [4.78, 5) is 44.5. The lowest BCUT2D eigenvalue weighted by atomic mass is 10.0. The van der Waals surface area contributed by atoms with Crippen molar-refractivity contribution in [1.29, 1.82) is 0 Å². The third kappa shape index (κ3) is 7.81. The molecule has 3 aliphatic rings. The number of imide groups is 1. The first-order valence-corrected chi connectivity index (χ1v) is 19.7. The quantitative estimate of drug-likeness (QED) is 0.133. The molecule has 0 aliphatic carbocycles. The first kappa shape index (κ1) is 36.0. The van der Waals surface area contributed by atoms with Gasteiger partial charge in [-0.25, -0.2) is 0 Å². The number of benzene rings is 4. The number of nitrogens with zero attached hydrogens (tertiary/aromatic N) is 3. The van der Waals surface area contributed by atoms with Gasteiger partial charge < -0.3 is 24.2 Å². The van der Waals surface area contributed by atoms with Crippen LogP contribution in [0.4, 0.5) is 0 Å². The molecule has 1 atom stereocenters. The molecule has 13 heteroatoms. The second-order valence-electron chi connectivity index (χ2n) is 13.6. The van der Waals surface area contributed by atoms with Crippen LogP contribution >= 0.6 is 27.3 Å². The predicted octanol–water partition coefficient (Wildman–Crippen LogP) is 6.67. The Labute approximate surface area is 325 Å². The minimum Gasteiger partial charge on any atom is -0.508 e. The molecule has 2 fully saturated rings. The number of piperidine rings is 1. The molecule has 11 nitrogen and oxygen atoms in total. The van der Waals surface area contributed by atoms with E-state index in [1.54, 1.807) is 34.4 Å². The Bertz CT molecular complexity index is 2180. The zero-order valence-electron chi connectivity index (χ0n) is 29.5. The van der Waals surface area contributed by atoms with Crippen LogP contribution in [0.2, 0.25) is 0 Å². The molecular weight excluding hydrogens is 772 g/mol. The largest absolute Gasteiger partial charge is 0.508 e. The lowest BCUT2D eigenvalue weighted by Gasteiger charge is -2.34. The topological polar surface area (TPSA) is 121 Å². The van der Waals surface area contributed by atoms with Crippen LogP contribution in [0.15, 0.2) is 89.4 Å². The molecule has 0 radical (unpaired) electrons. The molecule has 3 amide bonds. The number of hydrogen-bond donors (Lipinski definition) is 2. The first-order chi connectivity index (χ1) is 26.3. The van der Waals surface area contributed by atoms with Crippen LogP contribution in [0.25, 0.3) is 20.5 Å². The van der Waals surface area contributed by atoms with E-state index in [4.69, 9.17) is 14.2 Å². The number of phenolic OH excluding ortho intramolecular Hbond substituents is 1. The summed E-state index contributed by atoms with van der Waals surface area (Å²) in [5.41, 5.74) is 2.39. The minimum absolute atomic E-state index is 0.200. The van der Waals surface area contributed by atoms with E-state index in [0.29, 0.717) is 43.2 Å². The summed E-state index contributed by atoms with van der Waals surface area (Å²) in [6, 6.07) is 26.0. The maximum Gasteiger partial charge on any atom is 0.255 e. The fourth-order valence-electron chi connectivity index (χ4n) is 7.18. The average Bonchev–Trinajstić information content (AvgIpc) is 3.70. The van der Waals surface area contributed by atoms with Crippen LogP contribution in [0, 0.1) is 0 Å². The van der Waals surface area contributed by atoms with Crippen molar-refractivity contribution in [3.05, 3.63) is 101 Å². The van der Waals surface area contributed by atoms with E-state index in [0.717, 1.165) is 81.3 Å². The van der Waals surface area contributed by atoms with Gasteiger partial charge in [0.2, 0.25) is 11.8 Å². The van der Waals surface area contributed by atoms with Crippen LogP contribution < -0.4 is 19.5 Å². The highest BCUT2D eigenvalue weighted by Gasteiger charge is 2.40. The van der Waals surface area contributed by atoms with Crippen LogP contribution in [-0.4, -0.2) is 96.1 Å². The highest BCUT2D eigenvalue weighted by Crippen LogP contribution is 2.47. The number of amides is 3. The number of phenols is 1. The van der Waals surface area contributed by atoms with Crippen LogP contribution in [0.1, 0.15) is 28.8 Å². The number of carbonyl (C=O) groups excluding carboxylic acids is 3. The second-order valence-corrected chi connectivity index (χ2v) is 15.6. The lowest BCUT2D eigenvalue weighted by molar-refractivity contribution is -0.136. The summed E-state index contributed by atoms with van der Waals surface area (Å²) >= 11 is 5.10. The molecule has 278 valence electrons. The van der Waals surface area contributed by atoms with E-state index in [1.165, 1.54) is 0 Å². The number of ether oxygens (including phenoxy) is 3. The highest BCUT2D eigenvalue weighted by atomic mass is 79.9. The van der Waals surface area contributed by atoms with Crippen LogP contribution in [0.3, 0.4) is 0 Å². The monoisotopic (exact) mass is 810 g/mol. The Kier molecular flexibility index (Phi) is 10.5. The van der Waals surface area contributed by atoms with Crippen LogP contribution in [0.5, 0.6) is 28.7 Å². The van der Waals surface area contributed by atoms with Gasteiger partial charge >= 0.3 is 0 Å². The number of hydrogen-bond acceptors (Lipinski definition) is 10. The summed E-state index contributed by atoms with van der Waals surface area (Å²) < 4.78 is 20.7. The molecule has 5 aromatic rings. The third-order valence-corrected chi connectivity index (χ3v) is 11.8. The van der Waals surface area contributed by atoms with Gasteiger partial charge in [0.1, 0.15) is 42.3 Å². The molecule has 1 aromatic heterocycles. The zero-order chi connectivity index (χ0) is 37.2. The number of nitrogens with one attached hydrogen (secondary N) is 1. The van der Waals surface area contributed by atoms with Gasteiger partial charge in [-0.05, 0) is 78.7 Å². The number of aromatic hydroxyl groups is 1. The van der Waals surface area contributed by atoms with Crippen molar-refractivity contribution >= 4 is 55.1 Å². The Morgan fingerprint density at radius 1 is 0.833 bits per heavy atom. The molecule has 54 heavy (non-hydrogen) atoms. The molecule has 2 saturated heterocycles. The van der Waals surface area contributed by atoms with Gasteiger partial charge in [-0.2, -0.15) is 0 Å². The number of piperazine rings is 1. The zero-order valence-corrected chi connectivity index (χ0v) is 31.9. The normalized spacial score (nSPS) is 17.8. The fourth-order valence-corrected chi connectivity index (χ4v) is 8.62. The number of fused-ring (bicyclic) bond motifs is 2. The van der Waals surface area contributed by atoms with Gasteiger partial charge in [0, 0.05) is 71.4 Å². The Hall–Kier alpha value is -4.95. The fraction of sp³-hybridized carbons (Fsp3) is 0.293. The SMILES string of the molecule is O=C1CCC(N2Cc3c(OCCN4CCN(CCOc5ccc(Oc6c(-c7ccc(Br)cc7)sc7cc(O)ccc67)cc5)CC4)cccc3C2=O)C(=O)N1. The van der Waals surface area contributed by atoms with E-state index in [-0.39, 0.29) is 24.0 Å². The lowest BCUT2D eigenvalue weighted by Crippen LogP contribution is -2.52. The summed E-state index contributed by atoms with van der Waals surface area (Å²) in [6.45, 7) is 6.64. The average molecular weight is 812 g/mol. The molecule has 3 aliphatic heterocycles. The summed E-state index contributed by atoms with van der Waals surface area (Å²) in [7, 11) is 0. The first-order valence-electron chi connectivity index (χ1n) is 18.1. The van der Waals surface area contributed by atoms with Gasteiger partial charge in [0.05, 0.1) is 11.4 Å². The molecule has 0 bridgehead atoms. The molecular formula is C41H39BrN4O7S. The van der Waals surface area contributed by atoms with Crippen molar-refractivity contribution < 1.29 is 33.7 Å². The van der Waals surface area contributed by atoms with Crippen molar-refractivity contribution in [2.24, 2.45) is 0 Å². The van der Waals surface area contributed by atoms with Crippen molar-refractivity contribution in [1.82, 2.24) is 20.0 Å². The predicted molar refractivity (Wildman–Crippen MR) is 209 cm³/mol. The number of rotatable bonds is 12. The van der Waals surface area contributed by atoms with Crippen LogP contribution in [-0.2, 0) is 16.1 Å². The maximum absolute atomic E-state index is 13.1. The second kappa shape index (κ2) is 15.8. The van der Waals surface area contributed by atoms with Gasteiger partial charge in [0.15, 0.2) is 5.75 Å². The van der Waals surface area contributed by atoms with Crippen molar-refractivity contribution in [2.75, 3.05) is 52.5 Å². The minimum atomic E-state index is -0.647. The van der Waals surface area contributed by atoms with Gasteiger partial charge in [0.25, 0.3) is 5.91 Å². The number of thiophene rings is 1. The summed E-state index contributed by atoms with van der Waals surface area (Å²) in [5.74, 6) is 2.21. The Morgan fingerprint density at radius 3 is 2.26 bits per heavy atom. The molecule has 2 N–H and O–H groups in total. The van der Waals surface area contributed by atoms with Gasteiger partial charge in [-0.1, -0.05) is 34.1 Å². The van der Waals surface area contributed by atoms with Gasteiger partial charge in [-0.15, -0.1) is 11.3 Å². The number of carbonyl (C=O) groups is 3. The molecule has 0 saturated carbocycles. The smallest absolute Gasteiger partial charge is 0.255 e. The molecule has 1 unspecified atom stereocenters. The molecule has 8 rings (SSSR count).